The van der Waals surface area contributed by atoms with Crippen molar-refractivity contribution in [1.29, 1.82) is 0 Å². The summed E-state index contributed by atoms with van der Waals surface area (Å²) >= 11 is 11.3. The van der Waals surface area contributed by atoms with Crippen molar-refractivity contribution in [3.8, 4) is 5.75 Å². The number of halogens is 2. The molecule has 0 N–H and O–H groups in total. The fourth-order valence-electron chi connectivity index (χ4n) is 1.38. The van der Waals surface area contributed by atoms with Crippen LogP contribution >= 0.6 is 38.9 Å². The average molecular weight is 292 g/mol. The van der Waals surface area contributed by atoms with E-state index < -0.39 is 0 Å². The summed E-state index contributed by atoms with van der Waals surface area (Å²) in [6.07, 6.45) is 0. The van der Waals surface area contributed by atoms with Gasteiger partial charge in [0.05, 0.1) is 16.8 Å². The zero-order valence-electron chi connectivity index (χ0n) is 7.51. The van der Waals surface area contributed by atoms with Gasteiger partial charge in [-0.15, -0.1) is 11.3 Å². The molecule has 2 rings (SSSR count). The molecule has 14 heavy (non-hydrogen) atoms. The first-order chi connectivity index (χ1) is 6.77. The lowest BCUT2D eigenvalue weighted by Crippen LogP contribution is -1.87. The Morgan fingerprint density at radius 3 is 3.00 bits per heavy atom. The van der Waals surface area contributed by atoms with Gasteiger partial charge in [0, 0.05) is 10.7 Å². The summed E-state index contributed by atoms with van der Waals surface area (Å²) in [7, 11) is 1.68. The van der Waals surface area contributed by atoms with E-state index in [1.54, 1.807) is 18.4 Å². The van der Waals surface area contributed by atoms with E-state index in [9.17, 15) is 0 Å². The van der Waals surface area contributed by atoms with Gasteiger partial charge in [0.1, 0.15) is 5.75 Å². The van der Waals surface area contributed by atoms with Crippen LogP contribution in [0.2, 0.25) is 5.02 Å². The topological polar surface area (TPSA) is 9.23 Å². The summed E-state index contributed by atoms with van der Waals surface area (Å²) in [5.41, 5.74) is 1.06. The first-order valence-electron chi connectivity index (χ1n) is 4.06. The molecule has 0 fully saturated rings. The molecule has 0 saturated heterocycles. The van der Waals surface area contributed by atoms with Crippen molar-refractivity contribution in [2.24, 2.45) is 0 Å². The molecule has 0 aliphatic heterocycles. The standard InChI is InChI=1S/C10H8BrClOS/c1-13-8-4-6(5-11)9(12)7-2-3-14-10(7)8/h2-4H,5H2,1H3. The Bertz CT molecular complexity index is 466. The number of methoxy groups -OCH3 is 1. The maximum Gasteiger partial charge on any atom is 0.137 e. The Kier molecular flexibility index (Phi) is 3.00. The predicted octanol–water partition coefficient (Wildman–Crippen LogP) is 4.46. The molecule has 0 atom stereocenters. The summed E-state index contributed by atoms with van der Waals surface area (Å²) in [6, 6.07) is 4.01. The Balaban J connectivity index is 2.80. The predicted molar refractivity (Wildman–Crippen MR) is 66.0 cm³/mol. The highest BCUT2D eigenvalue weighted by atomic mass is 79.9. The summed E-state index contributed by atoms with van der Waals surface area (Å²) in [5.74, 6) is 0.897. The molecule has 74 valence electrons. The van der Waals surface area contributed by atoms with Gasteiger partial charge in [0.15, 0.2) is 0 Å². The molecule has 0 amide bonds. The highest BCUT2D eigenvalue weighted by Crippen LogP contribution is 2.38. The van der Waals surface area contributed by atoms with Gasteiger partial charge in [-0.05, 0) is 23.1 Å². The molecule has 0 spiro atoms. The molecule has 2 aromatic rings. The number of alkyl halides is 1. The lowest BCUT2D eigenvalue weighted by atomic mass is 10.2. The lowest BCUT2D eigenvalue weighted by Gasteiger charge is -2.06. The maximum absolute atomic E-state index is 6.23. The molecule has 0 bridgehead atoms. The monoisotopic (exact) mass is 290 g/mol. The van der Waals surface area contributed by atoms with Crippen molar-refractivity contribution in [2.45, 2.75) is 5.33 Å². The summed E-state index contributed by atoms with van der Waals surface area (Å²) in [4.78, 5) is 0. The molecular formula is C10H8BrClOS. The molecular weight excluding hydrogens is 284 g/mol. The number of hydrogen-bond donors (Lipinski definition) is 0. The van der Waals surface area contributed by atoms with Crippen molar-refractivity contribution in [3.05, 3.63) is 28.1 Å². The van der Waals surface area contributed by atoms with Gasteiger partial charge in [-0.25, -0.2) is 0 Å². The summed E-state index contributed by atoms with van der Waals surface area (Å²) in [5, 5.41) is 4.66. The minimum atomic E-state index is 0.744. The van der Waals surface area contributed by atoms with Crippen LogP contribution in [-0.4, -0.2) is 7.11 Å². The normalized spacial score (nSPS) is 10.8. The molecule has 1 heterocycles. The van der Waals surface area contributed by atoms with E-state index in [1.165, 1.54) is 0 Å². The van der Waals surface area contributed by atoms with E-state index >= 15 is 0 Å². The zero-order valence-corrected chi connectivity index (χ0v) is 10.7. The number of benzene rings is 1. The Hall–Kier alpha value is -0.250. The Morgan fingerprint density at radius 1 is 1.57 bits per heavy atom. The second-order valence-electron chi connectivity index (χ2n) is 2.85. The van der Waals surface area contributed by atoms with Crippen LogP contribution in [0.25, 0.3) is 10.1 Å². The molecule has 1 aromatic heterocycles. The number of hydrogen-bond acceptors (Lipinski definition) is 2. The van der Waals surface area contributed by atoms with Crippen LogP contribution in [0.5, 0.6) is 5.75 Å². The second-order valence-corrected chi connectivity index (χ2v) is 4.70. The van der Waals surface area contributed by atoms with Crippen LogP contribution in [0.1, 0.15) is 5.56 Å². The molecule has 1 aromatic carbocycles. The highest BCUT2D eigenvalue weighted by molar-refractivity contribution is 9.08. The lowest BCUT2D eigenvalue weighted by molar-refractivity contribution is 0.420. The van der Waals surface area contributed by atoms with Crippen LogP contribution in [0.3, 0.4) is 0 Å². The van der Waals surface area contributed by atoms with Gasteiger partial charge in [-0.3, -0.25) is 0 Å². The van der Waals surface area contributed by atoms with E-state index in [0.717, 1.165) is 31.8 Å². The number of thiophene rings is 1. The van der Waals surface area contributed by atoms with Crippen molar-refractivity contribution in [3.63, 3.8) is 0 Å². The van der Waals surface area contributed by atoms with Gasteiger partial charge in [0.2, 0.25) is 0 Å². The molecule has 0 aliphatic rings. The smallest absolute Gasteiger partial charge is 0.137 e. The molecule has 0 aliphatic carbocycles. The van der Waals surface area contributed by atoms with Crippen molar-refractivity contribution in [1.82, 2.24) is 0 Å². The van der Waals surface area contributed by atoms with Crippen molar-refractivity contribution >= 4 is 49.0 Å². The summed E-state index contributed by atoms with van der Waals surface area (Å²) < 4.78 is 6.43. The van der Waals surface area contributed by atoms with Gasteiger partial charge < -0.3 is 4.74 Å². The summed E-state index contributed by atoms with van der Waals surface area (Å²) in [6.45, 7) is 0. The minimum Gasteiger partial charge on any atom is -0.495 e. The van der Waals surface area contributed by atoms with E-state index in [0.29, 0.717) is 0 Å². The first-order valence-corrected chi connectivity index (χ1v) is 6.44. The van der Waals surface area contributed by atoms with Crippen LogP contribution < -0.4 is 4.74 Å². The van der Waals surface area contributed by atoms with E-state index in [1.807, 2.05) is 17.5 Å². The molecule has 0 unspecified atom stereocenters. The van der Waals surface area contributed by atoms with E-state index in [2.05, 4.69) is 15.9 Å². The van der Waals surface area contributed by atoms with Crippen LogP contribution in [0.15, 0.2) is 17.5 Å². The highest BCUT2D eigenvalue weighted by Gasteiger charge is 2.11. The van der Waals surface area contributed by atoms with Gasteiger partial charge >= 0.3 is 0 Å². The van der Waals surface area contributed by atoms with Gasteiger partial charge in [0.25, 0.3) is 0 Å². The quantitative estimate of drug-likeness (QED) is 0.742. The number of rotatable bonds is 2. The van der Waals surface area contributed by atoms with E-state index in [-0.39, 0.29) is 0 Å². The molecule has 0 saturated carbocycles. The fourth-order valence-corrected chi connectivity index (χ4v) is 3.22. The second kappa shape index (κ2) is 4.09. The van der Waals surface area contributed by atoms with Crippen molar-refractivity contribution in [2.75, 3.05) is 7.11 Å². The molecule has 0 radical (unpaired) electrons. The Labute approximate surface area is 99.8 Å². The third kappa shape index (κ3) is 1.53. The van der Waals surface area contributed by atoms with Gasteiger partial charge in [-0.2, -0.15) is 0 Å². The molecule has 1 nitrogen and oxygen atoms in total. The average Bonchev–Trinajstić information content (AvgIpc) is 2.68. The maximum atomic E-state index is 6.23. The van der Waals surface area contributed by atoms with Crippen molar-refractivity contribution < 1.29 is 4.74 Å². The van der Waals surface area contributed by atoms with Crippen LogP contribution in [0.4, 0.5) is 0 Å². The van der Waals surface area contributed by atoms with Crippen LogP contribution in [-0.2, 0) is 5.33 Å². The third-order valence-electron chi connectivity index (χ3n) is 2.08. The Morgan fingerprint density at radius 2 is 2.36 bits per heavy atom. The molecule has 4 heteroatoms. The van der Waals surface area contributed by atoms with Gasteiger partial charge in [-0.1, -0.05) is 27.5 Å². The largest absolute Gasteiger partial charge is 0.495 e. The minimum absolute atomic E-state index is 0.744. The fraction of sp³-hybridized carbons (Fsp3) is 0.200. The zero-order chi connectivity index (χ0) is 10.1. The van der Waals surface area contributed by atoms with Crippen LogP contribution in [0, 0.1) is 0 Å². The van der Waals surface area contributed by atoms with E-state index in [4.69, 9.17) is 16.3 Å². The number of ether oxygens (including phenoxy) is 1. The number of fused-ring (bicyclic) bond motifs is 1. The SMILES string of the molecule is COc1cc(CBr)c(Cl)c2ccsc12. The first kappa shape index (κ1) is 10.3. The third-order valence-corrected chi connectivity index (χ3v) is 4.06.